The molecule has 1 aromatic heterocycles. The molecule has 0 spiro atoms. The highest BCUT2D eigenvalue weighted by molar-refractivity contribution is 5.69. The number of aliphatic carboxylic acids is 1. The van der Waals surface area contributed by atoms with Gasteiger partial charge in [-0.05, 0) is 6.92 Å². The molecule has 0 saturated carbocycles. The van der Waals surface area contributed by atoms with E-state index in [1.165, 1.54) is 6.92 Å². The van der Waals surface area contributed by atoms with E-state index < -0.39 is 29.9 Å². The van der Waals surface area contributed by atoms with E-state index in [4.69, 9.17) is 5.11 Å². The Morgan fingerprint density at radius 2 is 2.12 bits per heavy atom. The molecule has 0 bridgehead atoms. The van der Waals surface area contributed by atoms with Crippen LogP contribution in [0.2, 0.25) is 0 Å². The molecule has 0 fully saturated rings. The first-order valence-corrected chi connectivity index (χ1v) is 4.39. The number of nitrogens with one attached hydrogen (secondary N) is 1. The number of rotatable bonds is 3. The number of halogens is 3. The minimum absolute atomic E-state index is 0.00882. The van der Waals surface area contributed by atoms with Crippen LogP contribution in [0.1, 0.15) is 11.4 Å². The van der Waals surface area contributed by atoms with Crippen LogP contribution in [-0.4, -0.2) is 22.4 Å². The van der Waals surface area contributed by atoms with Gasteiger partial charge >= 0.3 is 12.3 Å². The smallest absolute Gasteiger partial charge is 0.481 e. The molecule has 1 heterocycles. The third kappa shape index (κ3) is 3.82. The van der Waals surface area contributed by atoms with Gasteiger partial charge in [0.1, 0.15) is 0 Å². The van der Waals surface area contributed by atoms with E-state index >= 15 is 0 Å². The Hall–Kier alpha value is -1.99. The van der Waals surface area contributed by atoms with Crippen molar-refractivity contribution in [3.63, 3.8) is 0 Å². The Morgan fingerprint density at radius 3 is 2.53 bits per heavy atom. The van der Waals surface area contributed by atoms with Gasteiger partial charge in [0, 0.05) is 11.8 Å². The number of hydrogen-bond donors (Lipinski definition) is 2. The molecule has 0 saturated heterocycles. The molecule has 0 aliphatic rings. The zero-order chi connectivity index (χ0) is 13.2. The Labute approximate surface area is 92.8 Å². The number of aryl methyl sites for hydroxylation is 1. The van der Waals surface area contributed by atoms with Crippen LogP contribution in [-0.2, 0) is 11.2 Å². The Morgan fingerprint density at radius 1 is 1.53 bits per heavy atom. The van der Waals surface area contributed by atoms with Crippen molar-refractivity contribution < 1.29 is 27.8 Å². The maximum Gasteiger partial charge on any atom is 0.573 e. The summed E-state index contributed by atoms with van der Waals surface area (Å²) in [5.74, 6) is -2.09. The molecule has 0 atom stereocenters. The van der Waals surface area contributed by atoms with E-state index in [1.807, 2.05) is 0 Å². The maximum atomic E-state index is 11.9. The fraction of sp³-hybridized carbons (Fsp3) is 0.333. The number of hydrogen-bond acceptors (Lipinski definition) is 3. The standard InChI is InChI=1S/C9H8F3NO4/c1-4-8(17-9(10,11)12)6(14)2-5(13-4)3-7(15)16/h2H,3H2,1H3,(H,13,14)(H,15,16). The quantitative estimate of drug-likeness (QED) is 0.846. The largest absolute Gasteiger partial charge is 0.573 e. The molecule has 0 aliphatic heterocycles. The Kier molecular flexibility index (Phi) is 3.45. The summed E-state index contributed by atoms with van der Waals surface area (Å²) < 4.78 is 39.4. The Balaban J connectivity index is 3.11. The van der Waals surface area contributed by atoms with Crippen molar-refractivity contribution in [1.29, 1.82) is 0 Å². The van der Waals surface area contributed by atoms with Gasteiger partial charge in [0.2, 0.25) is 5.43 Å². The Bertz CT molecular complexity index is 492. The van der Waals surface area contributed by atoms with Gasteiger partial charge in [-0.1, -0.05) is 0 Å². The third-order valence-electron chi connectivity index (χ3n) is 1.78. The number of carbonyl (C=O) groups is 1. The van der Waals surface area contributed by atoms with Crippen LogP contribution in [0.15, 0.2) is 10.9 Å². The van der Waals surface area contributed by atoms with Gasteiger partial charge in [0.05, 0.1) is 12.1 Å². The number of pyridine rings is 1. The molecule has 1 aromatic rings. The highest BCUT2D eigenvalue weighted by Crippen LogP contribution is 2.21. The molecule has 0 amide bonds. The first kappa shape index (κ1) is 13.1. The lowest BCUT2D eigenvalue weighted by atomic mass is 10.2. The summed E-state index contributed by atoms with van der Waals surface area (Å²) in [6.07, 6.45) is -5.45. The summed E-state index contributed by atoms with van der Waals surface area (Å²) >= 11 is 0. The molecular weight excluding hydrogens is 243 g/mol. The second-order valence-corrected chi connectivity index (χ2v) is 3.23. The number of ether oxygens (including phenoxy) is 1. The van der Waals surface area contributed by atoms with Crippen molar-refractivity contribution in [3.8, 4) is 5.75 Å². The molecule has 17 heavy (non-hydrogen) atoms. The van der Waals surface area contributed by atoms with Gasteiger partial charge in [0.25, 0.3) is 0 Å². The van der Waals surface area contributed by atoms with Crippen molar-refractivity contribution in [3.05, 3.63) is 27.7 Å². The second-order valence-electron chi connectivity index (χ2n) is 3.23. The summed E-state index contributed by atoms with van der Waals surface area (Å²) in [5.41, 5.74) is -1.18. The monoisotopic (exact) mass is 251 g/mol. The summed E-state index contributed by atoms with van der Waals surface area (Å²) in [6, 6.07) is 0.766. The first-order chi connectivity index (χ1) is 7.69. The number of aromatic nitrogens is 1. The second kappa shape index (κ2) is 4.48. The lowest BCUT2D eigenvalue weighted by Gasteiger charge is -2.11. The van der Waals surface area contributed by atoms with Crippen LogP contribution in [0.4, 0.5) is 13.2 Å². The van der Waals surface area contributed by atoms with Crippen LogP contribution >= 0.6 is 0 Å². The molecule has 0 radical (unpaired) electrons. The highest BCUT2D eigenvalue weighted by atomic mass is 19.4. The zero-order valence-electron chi connectivity index (χ0n) is 8.59. The zero-order valence-corrected chi connectivity index (χ0v) is 8.59. The highest BCUT2D eigenvalue weighted by Gasteiger charge is 2.33. The number of carboxylic acid groups (broad SMARTS) is 1. The van der Waals surface area contributed by atoms with Crippen LogP contribution < -0.4 is 10.2 Å². The van der Waals surface area contributed by atoms with Gasteiger partial charge in [0.15, 0.2) is 5.75 Å². The van der Waals surface area contributed by atoms with E-state index in [1.54, 1.807) is 0 Å². The van der Waals surface area contributed by atoms with Crippen LogP contribution in [0.25, 0.3) is 0 Å². The molecule has 8 heteroatoms. The predicted molar refractivity (Wildman–Crippen MR) is 49.8 cm³/mol. The molecule has 94 valence electrons. The lowest BCUT2D eigenvalue weighted by molar-refractivity contribution is -0.275. The average Bonchev–Trinajstić information content (AvgIpc) is 2.08. The van der Waals surface area contributed by atoms with Crippen molar-refractivity contribution in [1.82, 2.24) is 4.98 Å². The van der Waals surface area contributed by atoms with Crippen molar-refractivity contribution >= 4 is 5.97 Å². The minimum atomic E-state index is -4.97. The maximum absolute atomic E-state index is 11.9. The molecular formula is C9H8F3NO4. The first-order valence-electron chi connectivity index (χ1n) is 4.39. The fourth-order valence-corrected chi connectivity index (χ4v) is 1.24. The van der Waals surface area contributed by atoms with Gasteiger partial charge in [-0.25, -0.2) is 0 Å². The summed E-state index contributed by atoms with van der Waals surface area (Å²) in [6.45, 7) is 1.19. The summed E-state index contributed by atoms with van der Waals surface area (Å²) in [5, 5.41) is 8.47. The lowest BCUT2D eigenvalue weighted by Crippen LogP contribution is -2.23. The van der Waals surface area contributed by atoms with Crippen LogP contribution in [0.5, 0.6) is 5.75 Å². The van der Waals surface area contributed by atoms with Gasteiger partial charge in [-0.3, -0.25) is 9.59 Å². The van der Waals surface area contributed by atoms with Crippen molar-refractivity contribution in [2.45, 2.75) is 19.7 Å². The molecule has 0 unspecified atom stereocenters. The topological polar surface area (TPSA) is 79.4 Å². The molecule has 0 aliphatic carbocycles. The van der Waals surface area contributed by atoms with Crippen molar-refractivity contribution in [2.75, 3.05) is 0 Å². The van der Waals surface area contributed by atoms with Crippen LogP contribution in [0, 0.1) is 6.92 Å². The molecule has 5 nitrogen and oxygen atoms in total. The predicted octanol–water partition coefficient (Wildman–Crippen LogP) is 1.21. The summed E-state index contributed by atoms with van der Waals surface area (Å²) in [7, 11) is 0. The minimum Gasteiger partial charge on any atom is -0.481 e. The molecule has 1 rings (SSSR count). The van der Waals surface area contributed by atoms with Gasteiger partial charge < -0.3 is 14.8 Å². The SMILES string of the molecule is Cc1[nH]c(CC(=O)O)cc(=O)c1OC(F)(F)F. The van der Waals surface area contributed by atoms with E-state index in [-0.39, 0.29) is 11.4 Å². The number of H-pyrrole nitrogens is 1. The number of aromatic amines is 1. The molecule has 2 N–H and O–H groups in total. The molecule has 0 aromatic carbocycles. The summed E-state index contributed by atoms with van der Waals surface area (Å²) in [4.78, 5) is 24.0. The van der Waals surface area contributed by atoms with E-state index in [0.717, 1.165) is 6.07 Å². The van der Waals surface area contributed by atoms with Gasteiger partial charge in [-0.2, -0.15) is 0 Å². The van der Waals surface area contributed by atoms with E-state index in [9.17, 15) is 22.8 Å². The number of carboxylic acids is 1. The average molecular weight is 251 g/mol. The van der Waals surface area contributed by atoms with E-state index in [0.29, 0.717) is 0 Å². The van der Waals surface area contributed by atoms with Crippen molar-refractivity contribution in [2.24, 2.45) is 0 Å². The number of alkyl halides is 3. The normalized spacial score (nSPS) is 11.3. The fourth-order valence-electron chi connectivity index (χ4n) is 1.24. The van der Waals surface area contributed by atoms with E-state index in [2.05, 4.69) is 9.72 Å². The van der Waals surface area contributed by atoms with Gasteiger partial charge in [-0.15, -0.1) is 13.2 Å². The third-order valence-corrected chi connectivity index (χ3v) is 1.78. The van der Waals surface area contributed by atoms with Crippen LogP contribution in [0.3, 0.4) is 0 Å².